The van der Waals surface area contributed by atoms with Crippen molar-refractivity contribution in [2.75, 3.05) is 19.8 Å². The first kappa shape index (κ1) is 28.1. The smallest absolute Gasteiger partial charge is 0.0547 e. The molecular formula is C23H50O3. The quantitative estimate of drug-likeness (QED) is 0.470. The number of ether oxygens (including phenoxy) is 3. The molecule has 3 aliphatic rings. The number of hydrogen-bond acceptors (Lipinski definition) is 3. The molecule has 0 aromatic rings. The maximum Gasteiger partial charge on any atom is 0.0547 e. The van der Waals surface area contributed by atoms with Crippen LogP contribution in [0.4, 0.5) is 0 Å². The molecule has 160 valence electrons. The van der Waals surface area contributed by atoms with Crippen LogP contribution in [0.25, 0.3) is 0 Å². The van der Waals surface area contributed by atoms with Crippen LogP contribution >= 0.6 is 0 Å². The molecule has 0 saturated carbocycles. The second kappa shape index (κ2) is 15.9. The maximum atomic E-state index is 5.39. The highest BCUT2D eigenvalue weighted by molar-refractivity contribution is 4.64. The predicted octanol–water partition coefficient (Wildman–Crippen LogP) is 6.74. The lowest BCUT2D eigenvalue weighted by Gasteiger charge is -2.23. The average Bonchev–Trinajstić information content (AvgIpc) is 2.57. The highest BCUT2D eigenvalue weighted by Crippen LogP contribution is 2.18. The Balaban J connectivity index is 0. The van der Waals surface area contributed by atoms with E-state index in [1.807, 2.05) is 0 Å². The fraction of sp³-hybridized carbons (Fsp3) is 1.00. The van der Waals surface area contributed by atoms with E-state index in [0.717, 1.165) is 37.6 Å². The third-order valence-corrected chi connectivity index (χ3v) is 5.19. The van der Waals surface area contributed by atoms with E-state index < -0.39 is 0 Å². The van der Waals surface area contributed by atoms with Crippen LogP contribution in [0.1, 0.15) is 94.9 Å². The van der Waals surface area contributed by atoms with E-state index in [1.165, 1.54) is 38.5 Å². The highest BCUT2D eigenvalue weighted by atomic mass is 16.5. The van der Waals surface area contributed by atoms with Crippen LogP contribution < -0.4 is 0 Å². The summed E-state index contributed by atoms with van der Waals surface area (Å²) in [5.74, 6) is 2.39. The van der Waals surface area contributed by atoms with Gasteiger partial charge in [-0.25, -0.2) is 0 Å². The Morgan fingerprint density at radius 3 is 0.769 bits per heavy atom. The standard InChI is InChI=1S/3C7H14O.2CH4/c3*1-6-3-4-7(2)8-5-6;;/h3*6-7H,3-5H2,1-2H3;2*1H4. The van der Waals surface area contributed by atoms with Crippen LogP contribution in [0.2, 0.25) is 0 Å². The maximum absolute atomic E-state index is 5.39. The average molecular weight is 375 g/mol. The van der Waals surface area contributed by atoms with Gasteiger partial charge in [0.25, 0.3) is 0 Å². The van der Waals surface area contributed by atoms with Gasteiger partial charge in [0.05, 0.1) is 18.3 Å². The first-order valence-corrected chi connectivity index (χ1v) is 10.2. The molecule has 0 N–H and O–H groups in total. The Kier molecular flexibility index (Phi) is 17.2. The van der Waals surface area contributed by atoms with Gasteiger partial charge in [-0.05, 0) is 77.0 Å². The van der Waals surface area contributed by atoms with E-state index in [-0.39, 0.29) is 14.9 Å². The summed E-state index contributed by atoms with van der Waals surface area (Å²) >= 11 is 0. The summed E-state index contributed by atoms with van der Waals surface area (Å²) in [4.78, 5) is 0. The number of hydrogen-bond donors (Lipinski definition) is 0. The molecule has 0 aromatic heterocycles. The minimum Gasteiger partial charge on any atom is -0.378 e. The van der Waals surface area contributed by atoms with E-state index in [4.69, 9.17) is 14.2 Å². The summed E-state index contributed by atoms with van der Waals surface area (Å²) in [6.07, 6.45) is 9.36. The van der Waals surface area contributed by atoms with Crippen molar-refractivity contribution in [3.05, 3.63) is 0 Å². The lowest BCUT2D eigenvalue weighted by Crippen LogP contribution is -2.21. The van der Waals surface area contributed by atoms with Gasteiger partial charge in [-0.2, -0.15) is 0 Å². The van der Waals surface area contributed by atoms with Gasteiger partial charge in [0.15, 0.2) is 0 Å². The molecule has 3 heterocycles. The molecule has 3 aliphatic heterocycles. The second-order valence-corrected chi connectivity index (χ2v) is 8.48. The molecule has 6 unspecified atom stereocenters. The Bertz CT molecular complexity index is 206. The van der Waals surface area contributed by atoms with Crippen molar-refractivity contribution in [1.29, 1.82) is 0 Å². The third-order valence-electron chi connectivity index (χ3n) is 5.19. The molecule has 3 rings (SSSR count). The molecule has 0 aromatic carbocycles. The van der Waals surface area contributed by atoms with Crippen LogP contribution in [0.15, 0.2) is 0 Å². The summed E-state index contributed by atoms with van der Waals surface area (Å²) < 4.78 is 16.2. The topological polar surface area (TPSA) is 27.7 Å². The monoisotopic (exact) mass is 374 g/mol. The van der Waals surface area contributed by atoms with E-state index in [1.54, 1.807) is 0 Å². The van der Waals surface area contributed by atoms with Crippen LogP contribution in [0, 0.1) is 17.8 Å². The summed E-state index contributed by atoms with van der Waals surface area (Å²) in [6.45, 7) is 16.1. The largest absolute Gasteiger partial charge is 0.378 e. The van der Waals surface area contributed by atoms with Crippen molar-refractivity contribution in [1.82, 2.24) is 0 Å². The summed E-state index contributed by atoms with van der Waals surface area (Å²) in [6, 6.07) is 0. The van der Waals surface area contributed by atoms with Gasteiger partial charge < -0.3 is 14.2 Å². The van der Waals surface area contributed by atoms with Gasteiger partial charge in [0.2, 0.25) is 0 Å². The fourth-order valence-electron chi connectivity index (χ4n) is 3.04. The zero-order valence-corrected chi connectivity index (χ0v) is 17.1. The Morgan fingerprint density at radius 1 is 0.423 bits per heavy atom. The predicted molar refractivity (Wildman–Crippen MR) is 115 cm³/mol. The zero-order valence-electron chi connectivity index (χ0n) is 17.1. The molecule has 6 atom stereocenters. The second-order valence-electron chi connectivity index (χ2n) is 8.48. The highest BCUT2D eigenvalue weighted by Gasteiger charge is 2.14. The molecule has 0 aliphatic carbocycles. The van der Waals surface area contributed by atoms with Crippen LogP contribution in [0.3, 0.4) is 0 Å². The first-order chi connectivity index (χ1) is 11.4. The number of rotatable bonds is 0. The van der Waals surface area contributed by atoms with Crippen LogP contribution in [-0.4, -0.2) is 38.1 Å². The van der Waals surface area contributed by atoms with Crippen molar-refractivity contribution in [2.24, 2.45) is 17.8 Å². The lowest BCUT2D eigenvalue weighted by atomic mass is 10.0. The van der Waals surface area contributed by atoms with E-state index in [2.05, 4.69) is 41.5 Å². The molecule has 0 spiro atoms. The van der Waals surface area contributed by atoms with Gasteiger partial charge in [0, 0.05) is 19.8 Å². The molecule has 0 bridgehead atoms. The van der Waals surface area contributed by atoms with E-state index in [0.29, 0.717) is 18.3 Å². The molecule has 3 heteroatoms. The summed E-state index contributed by atoms with van der Waals surface area (Å²) in [5.41, 5.74) is 0. The van der Waals surface area contributed by atoms with Gasteiger partial charge in [-0.3, -0.25) is 0 Å². The van der Waals surface area contributed by atoms with Crippen molar-refractivity contribution in [2.45, 2.75) is 113 Å². The van der Waals surface area contributed by atoms with Gasteiger partial charge in [-0.15, -0.1) is 0 Å². The fourth-order valence-corrected chi connectivity index (χ4v) is 3.04. The molecular weight excluding hydrogens is 324 g/mol. The Labute approximate surface area is 165 Å². The SMILES string of the molecule is C.C.CC1CCC(C)OC1.CC1CCC(C)OC1.CC1CCC(C)OC1. The first-order valence-electron chi connectivity index (χ1n) is 10.2. The van der Waals surface area contributed by atoms with Crippen LogP contribution in [0.5, 0.6) is 0 Å². The molecule has 3 saturated heterocycles. The van der Waals surface area contributed by atoms with Gasteiger partial charge in [0.1, 0.15) is 0 Å². The zero-order chi connectivity index (χ0) is 17.9. The van der Waals surface area contributed by atoms with E-state index in [9.17, 15) is 0 Å². The van der Waals surface area contributed by atoms with Crippen molar-refractivity contribution < 1.29 is 14.2 Å². The molecule has 0 radical (unpaired) electrons. The normalized spacial score (nSPS) is 36.7. The Hall–Kier alpha value is -0.120. The summed E-state index contributed by atoms with van der Waals surface area (Å²) in [5, 5.41) is 0. The molecule has 3 fully saturated rings. The Morgan fingerprint density at radius 2 is 0.654 bits per heavy atom. The summed E-state index contributed by atoms with van der Waals surface area (Å²) in [7, 11) is 0. The van der Waals surface area contributed by atoms with E-state index >= 15 is 0 Å². The lowest BCUT2D eigenvalue weighted by molar-refractivity contribution is 0.000174. The molecule has 0 amide bonds. The van der Waals surface area contributed by atoms with Gasteiger partial charge in [-0.1, -0.05) is 35.6 Å². The van der Waals surface area contributed by atoms with Crippen molar-refractivity contribution in [3.63, 3.8) is 0 Å². The minimum atomic E-state index is 0. The molecule has 26 heavy (non-hydrogen) atoms. The van der Waals surface area contributed by atoms with Crippen molar-refractivity contribution >= 4 is 0 Å². The molecule has 3 nitrogen and oxygen atoms in total. The van der Waals surface area contributed by atoms with Gasteiger partial charge >= 0.3 is 0 Å². The minimum absolute atomic E-state index is 0. The third kappa shape index (κ3) is 14.0. The van der Waals surface area contributed by atoms with Crippen LogP contribution in [-0.2, 0) is 14.2 Å². The van der Waals surface area contributed by atoms with Crippen molar-refractivity contribution in [3.8, 4) is 0 Å².